The van der Waals surface area contributed by atoms with Gasteiger partial charge in [-0.2, -0.15) is 5.10 Å². The largest absolute Gasteiger partial charge is 0.305 e. The zero-order valence-corrected chi connectivity index (χ0v) is 11.8. The molecule has 102 valence electrons. The van der Waals surface area contributed by atoms with Gasteiger partial charge in [-0.25, -0.2) is 4.39 Å². The number of rotatable bonds is 5. The molecule has 0 amide bonds. The van der Waals surface area contributed by atoms with Gasteiger partial charge in [-0.3, -0.25) is 4.68 Å². The summed E-state index contributed by atoms with van der Waals surface area (Å²) in [6, 6.07) is 6.73. The van der Waals surface area contributed by atoms with Gasteiger partial charge in [-0.1, -0.05) is 24.6 Å². The molecule has 1 aromatic carbocycles. The number of aryl methyl sites for hydroxylation is 1. The molecule has 3 nitrogen and oxygen atoms in total. The molecule has 0 spiro atoms. The van der Waals surface area contributed by atoms with E-state index >= 15 is 0 Å². The molecule has 0 radical (unpaired) electrons. The lowest BCUT2D eigenvalue weighted by atomic mass is 10.0. The van der Waals surface area contributed by atoms with Crippen molar-refractivity contribution in [3.63, 3.8) is 0 Å². The number of benzene rings is 1. The molecular formula is C14H17ClFN3. The molecule has 0 aliphatic rings. The Balaban J connectivity index is 2.37. The lowest BCUT2D eigenvalue weighted by Gasteiger charge is -2.19. The fraction of sp³-hybridized carbons (Fsp3) is 0.357. The van der Waals surface area contributed by atoms with Gasteiger partial charge in [0, 0.05) is 13.2 Å². The SMILES string of the molecule is CCCNC(c1ccc(F)c(Cl)c1)c1ccnn1C. The Morgan fingerprint density at radius 3 is 2.79 bits per heavy atom. The minimum atomic E-state index is -0.398. The summed E-state index contributed by atoms with van der Waals surface area (Å²) in [6.45, 7) is 2.97. The summed E-state index contributed by atoms with van der Waals surface area (Å²) in [5.74, 6) is -0.398. The molecule has 1 heterocycles. The molecule has 1 N–H and O–H groups in total. The molecule has 0 aliphatic heterocycles. The first-order valence-electron chi connectivity index (χ1n) is 6.29. The summed E-state index contributed by atoms with van der Waals surface area (Å²) in [5.41, 5.74) is 1.96. The number of hydrogen-bond donors (Lipinski definition) is 1. The normalized spacial score (nSPS) is 12.6. The highest BCUT2D eigenvalue weighted by molar-refractivity contribution is 6.30. The molecule has 0 saturated carbocycles. The summed E-state index contributed by atoms with van der Waals surface area (Å²) in [5, 5.41) is 7.76. The zero-order chi connectivity index (χ0) is 13.8. The van der Waals surface area contributed by atoms with Gasteiger partial charge in [0.15, 0.2) is 0 Å². The van der Waals surface area contributed by atoms with Gasteiger partial charge in [-0.15, -0.1) is 0 Å². The maximum Gasteiger partial charge on any atom is 0.141 e. The van der Waals surface area contributed by atoms with Crippen molar-refractivity contribution in [2.24, 2.45) is 7.05 Å². The van der Waals surface area contributed by atoms with E-state index in [4.69, 9.17) is 11.6 Å². The first-order chi connectivity index (χ1) is 9.13. The topological polar surface area (TPSA) is 29.9 Å². The van der Waals surface area contributed by atoms with Crippen molar-refractivity contribution in [1.29, 1.82) is 0 Å². The van der Waals surface area contributed by atoms with Gasteiger partial charge in [-0.05, 0) is 36.7 Å². The quantitative estimate of drug-likeness (QED) is 0.911. The highest BCUT2D eigenvalue weighted by Crippen LogP contribution is 2.25. The third kappa shape index (κ3) is 3.14. The zero-order valence-electron chi connectivity index (χ0n) is 11.0. The van der Waals surface area contributed by atoms with E-state index in [1.807, 2.05) is 17.8 Å². The van der Waals surface area contributed by atoms with Crippen molar-refractivity contribution in [3.8, 4) is 0 Å². The Hall–Kier alpha value is -1.39. The fourth-order valence-corrected chi connectivity index (χ4v) is 2.23. The maximum atomic E-state index is 13.3. The van der Waals surface area contributed by atoms with Gasteiger partial charge >= 0.3 is 0 Å². The highest BCUT2D eigenvalue weighted by Gasteiger charge is 2.17. The van der Waals surface area contributed by atoms with Crippen LogP contribution in [-0.2, 0) is 7.05 Å². The van der Waals surface area contributed by atoms with Crippen molar-refractivity contribution in [2.45, 2.75) is 19.4 Å². The molecule has 0 saturated heterocycles. The molecule has 1 unspecified atom stereocenters. The van der Waals surface area contributed by atoms with Crippen LogP contribution >= 0.6 is 11.6 Å². The van der Waals surface area contributed by atoms with Crippen molar-refractivity contribution in [2.75, 3.05) is 6.54 Å². The molecule has 0 fully saturated rings. The summed E-state index contributed by atoms with van der Waals surface area (Å²) in [4.78, 5) is 0. The van der Waals surface area contributed by atoms with Crippen LogP contribution in [0.5, 0.6) is 0 Å². The second kappa shape index (κ2) is 6.17. The van der Waals surface area contributed by atoms with Crippen LogP contribution in [0.3, 0.4) is 0 Å². The monoisotopic (exact) mass is 281 g/mol. The smallest absolute Gasteiger partial charge is 0.141 e. The lowest BCUT2D eigenvalue weighted by Crippen LogP contribution is -2.25. The molecule has 2 aromatic rings. The van der Waals surface area contributed by atoms with Crippen LogP contribution in [0, 0.1) is 5.82 Å². The first kappa shape index (κ1) is 14.0. The standard InChI is InChI=1S/C14H17ClFN3/c1-3-7-17-14(13-6-8-18-19(13)2)10-4-5-12(16)11(15)9-10/h4-6,8-9,14,17H,3,7H2,1-2H3. The maximum absolute atomic E-state index is 13.3. The van der Waals surface area contributed by atoms with E-state index in [-0.39, 0.29) is 11.1 Å². The van der Waals surface area contributed by atoms with E-state index in [1.165, 1.54) is 6.07 Å². The molecule has 19 heavy (non-hydrogen) atoms. The molecule has 5 heteroatoms. The second-order valence-electron chi connectivity index (χ2n) is 4.44. The lowest BCUT2D eigenvalue weighted by molar-refractivity contribution is 0.552. The number of aromatic nitrogens is 2. The third-order valence-electron chi connectivity index (χ3n) is 3.03. The van der Waals surface area contributed by atoms with Gasteiger partial charge in [0.25, 0.3) is 0 Å². The van der Waals surface area contributed by atoms with E-state index in [2.05, 4.69) is 17.3 Å². The first-order valence-corrected chi connectivity index (χ1v) is 6.67. The highest BCUT2D eigenvalue weighted by atomic mass is 35.5. The minimum Gasteiger partial charge on any atom is -0.305 e. The van der Waals surface area contributed by atoms with Crippen molar-refractivity contribution < 1.29 is 4.39 Å². The average molecular weight is 282 g/mol. The van der Waals surface area contributed by atoms with Crippen LogP contribution in [0.4, 0.5) is 4.39 Å². The predicted molar refractivity (Wildman–Crippen MR) is 74.8 cm³/mol. The van der Waals surface area contributed by atoms with Gasteiger partial charge in [0.2, 0.25) is 0 Å². The van der Waals surface area contributed by atoms with Gasteiger partial charge in [0.05, 0.1) is 16.8 Å². The molecular weight excluding hydrogens is 265 g/mol. The minimum absolute atomic E-state index is 0.0365. The summed E-state index contributed by atoms with van der Waals surface area (Å²) < 4.78 is 15.1. The molecule has 1 aromatic heterocycles. The van der Waals surface area contributed by atoms with Crippen LogP contribution in [0.2, 0.25) is 5.02 Å². The average Bonchev–Trinajstić information content (AvgIpc) is 2.80. The van der Waals surface area contributed by atoms with Crippen molar-refractivity contribution in [1.82, 2.24) is 15.1 Å². The van der Waals surface area contributed by atoms with E-state index in [0.717, 1.165) is 24.2 Å². The fourth-order valence-electron chi connectivity index (χ4n) is 2.04. The van der Waals surface area contributed by atoms with Crippen molar-refractivity contribution >= 4 is 11.6 Å². The van der Waals surface area contributed by atoms with Crippen LogP contribution in [0.15, 0.2) is 30.5 Å². The Labute approximate surface area is 117 Å². The summed E-state index contributed by atoms with van der Waals surface area (Å²) in [7, 11) is 1.89. The number of halogens is 2. The van der Waals surface area contributed by atoms with E-state index < -0.39 is 5.82 Å². The summed E-state index contributed by atoms with van der Waals surface area (Å²) >= 11 is 5.87. The van der Waals surface area contributed by atoms with E-state index in [1.54, 1.807) is 18.3 Å². The third-order valence-corrected chi connectivity index (χ3v) is 3.32. The van der Waals surface area contributed by atoms with Crippen LogP contribution in [0.1, 0.15) is 30.6 Å². The molecule has 2 rings (SSSR count). The Morgan fingerprint density at radius 1 is 1.42 bits per heavy atom. The van der Waals surface area contributed by atoms with E-state index in [0.29, 0.717) is 0 Å². The summed E-state index contributed by atoms with van der Waals surface area (Å²) in [6.07, 6.45) is 2.77. The number of nitrogens with zero attached hydrogens (tertiary/aromatic N) is 2. The number of hydrogen-bond acceptors (Lipinski definition) is 2. The van der Waals surface area contributed by atoms with Gasteiger partial charge < -0.3 is 5.32 Å². The second-order valence-corrected chi connectivity index (χ2v) is 4.85. The number of nitrogens with one attached hydrogen (secondary N) is 1. The predicted octanol–water partition coefficient (Wildman–Crippen LogP) is 3.30. The van der Waals surface area contributed by atoms with E-state index in [9.17, 15) is 4.39 Å². The van der Waals surface area contributed by atoms with Crippen LogP contribution in [-0.4, -0.2) is 16.3 Å². The van der Waals surface area contributed by atoms with Crippen LogP contribution in [0.25, 0.3) is 0 Å². The Bertz CT molecular complexity index is 553. The molecule has 0 aliphatic carbocycles. The molecule has 0 bridgehead atoms. The van der Waals surface area contributed by atoms with Crippen molar-refractivity contribution in [3.05, 3.63) is 52.6 Å². The van der Waals surface area contributed by atoms with Gasteiger partial charge in [0.1, 0.15) is 5.82 Å². The Kier molecular flexibility index (Phi) is 4.56. The van der Waals surface area contributed by atoms with Crippen LogP contribution < -0.4 is 5.32 Å². The Morgan fingerprint density at radius 2 is 2.21 bits per heavy atom. The molecule has 1 atom stereocenters.